The fourth-order valence-corrected chi connectivity index (χ4v) is 1.74. The maximum absolute atomic E-state index is 12.1. The van der Waals surface area contributed by atoms with Crippen molar-refractivity contribution >= 4 is 29.7 Å². The van der Waals surface area contributed by atoms with Crippen molar-refractivity contribution in [3.8, 4) is 0 Å². The van der Waals surface area contributed by atoms with Crippen LogP contribution < -0.4 is 27.4 Å². The van der Waals surface area contributed by atoms with E-state index in [1.807, 2.05) is 0 Å². The molecule has 0 aliphatic heterocycles. The van der Waals surface area contributed by atoms with Crippen LogP contribution >= 0.6 is 0 Å². The Morgan fingerprint density at radius 1 is 1.08 bits per heavy atom. The number of ether oxygens (including phenoxy) is 1. The second-order valence-corrected chi connectivity index (χ2v) is 5.13. The smallest absolute Gasteiger partial charge is 0.325 e. The molecule has 1 atom stereocenters. The van der Waals surface area contributed by atoms with Gasteiger partial charge in [-0.25, -0.2) is 0 Å². The molecule has 11 heteroatoms. The van der Waals surface area contributed by atoms with E-state index in [4.69, 9.17) is 11.5 Å². The maximum Gasteiger partial charge on any atom is 0.325 e. The Labute approximate surface area is 145 Å². The molecule has 0 rings (SSSR count). The number of carbonyl (C=O) groups is 4. The van der Waals surface area contributed by atoms with Crippen LogP contribution in [0.5, 0.6) is 0 Å². The molecule has 0 aromatic rings. The van der Waals surface area contributed by atoms with Crippen molar-refractivity contribution in [3.05, 3.63) is 0 Å². The van der Waals surface area contributed by atoms with Crippen molar-refractivity contribution in [2.24, 2.45) is 16.5 Å². The lowest BCUT2D eigenvalue weighted by Crippen LogP contribution is -2.50. The van der Waals surface area contributed by atoms with Crippen molar-refractivity contribution in [3.63, 3.8) is 0 Å². The van der Waals surface area contributed by atoms with E-state index in [1.54, 1.807) is 0 Å². The van der Waals surface area contributed by atoms with Gasteiger partial charge in [-0.3, -0.25) is 24.2 Å². The molecule has 0 spiro atoms. The summed E-state index contributed by atoms with van der Waals surface area (Å²) in [7, 11) is 1.20. The average molecular weight is 358 g/mol. The Morgan fingerprint density at radius 2 is 1.76 bits per heavy atom. The molecule has 142 valence electrons. The number of unbranched alkanes of at least 4 members (excludes halogenated alkanes) is 1. The number of carbonyl (C=O) groups excluding carboxylic acids is 4. The number of nitrogens with one attached hydrogen (secondary N) is 3. The number of guanidine groups is 1. The van der Waals surface area contributed by atoms with E-state index in [9.17, 15) is 19.2 Å². The molecule has 0 saturated carbocycles. The van der Waals surface area contributed by atoms with Crippen LogP contribution in [0.25, 0.3) is 0 Å². The van der Waals surface area contributed by atoms with Gasteiger partial charge in [0.15, 0.2) is 5.96 Å². The number of nitrogens with two attached hydrogens (primary N) is 2. The van der Waals surface area contributed by atoms with Crippen LogP contribution in [0.3, 0.4) is 0 Å². The minimum Gasteiger partial charge on any atom is -0.468 e. The second kappa shape index (κ2) is 12.6. The molecule has 0 heterocycles. The molecule has 0 bridgehead atoms. The van der Waals surface area contributed by atoms with Crippen molar-refractivity contribution in [2.45, 2.75) is 32.2 Å². The Kier molecular flexibility index (Phi) is 11.1. The number of aliphatic imine (C=N–C) groups is 1. The first-order chi connectivity index (χ1) is 11.8. The maximum atomic E-state index is 12.1. The third-order valence-corrected chi connectivity index (χ3v) is 2.98. The lowest BCUT2D eigenvalue weighted by molar-refractivity contribution is -0.141. The summed E-state index contributed by atoms with van der Waals surface area (Å²) in [6, 6.07) is -0.856. The van der Waals surface area contributed by atoms with Gasteiger partial charge in [-0.2, -0.15) is 0 Å². The van der Waals surface area contributed by atoms with E-state index in [0.29, 0.717) is 25.8 Å². The number of rotatable bonds is 11. The van der Waals surface area contributed by atoms with Gasteiger partial charge in [0.1, 0.15) is 12.6 Å². The van der Waals surface area contributed by atoms with E-state index < -0.39 is 23.8 Å². The predicted molar refractivity (Wildman–Crippen MR) is 90.2 cm³/mol. The molecular formula is C14H26N6O5. The Hall–Kier alpha value is -2.85. The molecule has 1 unspecified atom stereocenters. The van der Waals surface area contributed by atoms with Gasteiger partial charge in [-0.1, -0.05) is 0 Å². The van der Waals surface area contributed by atoms with Gasteiger partial charge in [-0.15, -0.1) is 0 Å². The molecule has 0 aromatic heterocycles. The highest BCUT2D eigenvalue weighted by molar-refractivity contribution is 5.91. The summed E-state index contributed by atoms with van der Waals surface area (Å²) in [6.07, 6.45) is 1.49. The fraction of sp³-hybridized carbons (Fsp3) is 0.643. The number of amides is 3. The minimum atomic E-state index is -0.856. The third-order valence-electron chi connectivity index (χ3n) is 2.98. The quantitative estimate of drug-likeness (QED) is 0.116. The van der Waals surface area contributed by atoms with Crippen molar-refractivity contribution in [2.75, 3.05) is 26.7 Å². The van der Waals surface area contributed by atoms with Gasteiger partial charge in [0.25, 0.3) is 0 Å². The zero-order valence-corrected chi connectivity index (χ0v) is 14.5. The number of methoxy groups -OCH3 is 1. The zero-order chi connectivity index (χ0) is 19.2. The molecule has 0 aromatic carbocycles. The summed E-state index contributed by atoms with van der Waals surface area (Å²) in [5, 5.41) is 7.23. The number of nitrogens with zero attached hydrogens (tertiary/aromatic N) is 1. The van der Waals surface area contributed by atoms with E-state index >= 15 is 0 Å². The number of esters is 1. The topological polar surface area (TPSA) is 178 Å². The SMILES string of the molecule is COC(=O)CNC(=O)C(CCCCN=C(N)N)NC(=O)CNC(C)=O. The first kappa shape index (κ1) is 22.1. The fourth-order valence-electron chi connectivity index (χ4n) is 1.74. The van der Waals surface area contributed by atoms with Gasteiger partial charge in [0.2, 0.25) is 17.7 Å². The van der Waals surface area contributed by atoms with E-state index in [0.717, 1.165) is 0 Å². The van der Waals surface area contributed by atoms with Crippen LogP contribution in [0.1, 0.15) is 26.2 Å². The number of hydrogen-bond acceptors (Lipinski definition) is 6. The highest BCUT2D eigenvalue weighted by Gasteiger charge is 2.21. The van der Waals surface area contributed by atoms with E-state index in [1.165, 1.54) is 14.0 Å². The summed E-state index contributed by atoms with van der Waals surface area (Å²) < 4.78 is 4.43. The van der Waals surface area contributed by atoms with Crippen LogP contribution in [0.4, 0.5) is 0 Å². The first-order valence-corrected chi connectivity index (χ1v) is 7.70. The molecule has 0 saturated heterocycles. The molecule has 0 radical (unpaired) electrons. The van der Waals surface area contributed by atoms with E-state index in [-0.39, 0.29) is 25.0 Å². The molecule has 3 amide bonds. The highest BCUT2D eigenvalue weighted by atomic mass is 16.5. The molecular weight excluding hydrogens is 332 g/mol. The molecule has 0 fully saturated rings. The van der Waals surface area contributed by atoms with Crippen LogP contribution in [-0.4, -0.2) is 62.4 Å². The second-order valence-electron chi connectivity index (χ2n) is 5.13. The van der Waals surface area contributed by atoms with Crippen LogP contribution in [0.15, 0.2) is 4.99 Å². The van der Waals surface area contributed by atoms with Crippen LogP contribution in [0, 0.1) is 0 Å². The van der Waals surface area contributed by atoms with Crippen LogP contribution in [0.2, 0.25) is 0 Å². The Morgan fingerprint density at radius 3 is 2.32 bits per heavy atom. The van der Waals surface area contributed by atoms with Crippen molar-refractivity contribution in [1.29, 1.82) is 0 Å². The van der Waals surface area contributed by atoms with Gasteiger partial charge in [0, 0.05) is 13.5 Å². The average Bonchev–Trinajstić information content (AvgIpc) is 2.55. The monoisotopic (exact) mass is 358 g/mol. The summed E-state index contributed by atoms with van der Waals surface area (Å²) in [5.74, 6) is -2.03. The van der Waals surface area contributed by atoms with Gasteiger partial charge >= 0.3 is 5.97 Å². The molecule has 0 aliphatic rings. The normalized spacial score (nSPS) is 11.0. The Bertz CT molecular complexity index is 504. The minimum absolute atomic E-state index is 0.0176. The van der Waals surface area contributed by atoms with Gasteiger partial charge in [-0.05, 0) is 19.3 Å². The summed E-state index contributed by atoms with van der Waals surface area (Å²) >= 11 is 0. The lowest BCUT2D eigenvalue weighted by atomic mass is 10.1. The summed E-state index contributed by atoms with van der Waals surface area (Å²) in [6.45, 7) is 1.13. The lowest BCUT2D eigenvalue weighted by Gasteiger charge is -2.18. The first-order valence-electron chi connectivity index (χ1n) is 7.70. The standard InChI is InChI=1S/C14H26N6O5/c1-9(21)18-7-11(22)20-10(5-3-4-6-17-14(15)16)13(24)19-8-12(23)25-2/h10H,3-8H2,1-2H3,(H,18,21)(H,19,24)(H,20,22)(H4,15,16,17). The number of hydrogen-bond donors (Lipinski definition) is 5. The van der Waals surface area contributed by atoms with Crippen molar-refractivity contribution < 1.29 is 23.9 Å². The molecule has 11 nitrogen and oxygen atoms in total. The zero-order valence-electron chi connectivity index (χ0n) is 14.5. The van der Waals surface area contributed by atoms with Crippen molar-refractivity contribution in [1.82, 2.24) is 16.0 Å². The summed E-state index contributed by atoms with van der Waals surface area (Å²) in [5.41, 5.74) is 10.4. The largest absolute Gasteiger partial charge is 0.468 e. The molecule has 0 aliphatic carbocycles. The predicted octanol–water partition coefficient (Wildman–Crippen LogP) is -2.66. The van der Waals surface area contributed by atoms with E-state index in [2.05, 4.69) is 25.7 Å². The third kappa shape index (κ3) is 12.3. The molecule has 25 heavy (non-hydrogen) atoms. The molecule has 7 N–H and O–H groups in total. The Balaban J connectivity index is 4.54. The van der Waals surface area contributed by atoms with Gasteiger partial charge < -0.3 is 32.2 Å². The van der Waals surface area contributed by atoms with Gasteiger partial charge in [0.05, 0.1) is 13.7 Å². The summed E-state index contributed by atoms with van der Waals surface area (Å²) in [4.78, 5) is 49.6. The highest BCUT2D eigenvalue weighted by Crippen LogP contribution is 2.02. The van der Waals surface area contributed by atoms with Crippen LogP contribution in [-0.2, 0) is 23.9 Å².